The van der Waals surface area contributed by atoms with E-state index >= 15 is 4.39 Å². The van der Waals surface area contributed by atoms with Gasteiger partial charge < -0.3 is 24.8 Å². The second-order valence-corrected chi connectivity index (χ2v) is 12.4. The van der Waals surface area contributed by atoms with Gasteiger partial charge in [-0.25, -0.2) is 14.2 Å². The van der Waals surface area contributed by atoms with Gasteiger partial charge in [-0.2, -0.15) is 0 Å². The Labute approximate surface area is 276 Å². The molecular formula is C37H35ClFN3O5. The average molecular weight is 656 g/mol. The van der Waals surface area contributed by atoms with E-state index in [-0.39, 0.29) is 30.7 Å². The molecule has 0 spiro atoms. The van der Waals surface area contributed by atoms with Gasteiger partial charge in [0.25, 0.3) is 5.91 Å². The topological polar surface area (TPSA) is 114 Å². The molecule has 1 saturated carbocycles. The number of fused-ring (bicyclic) bond motifs is 1. The number of carbonyl (C=O) groups is 2. The number of nitrogens with zero attached hydrogens (tertiary/aromatic N) is 2. The number of carboxylic acid groups (broad SMARTS) is 1. The fraction of sp³-hybridized carbons (Fsp3) is 0.270. The minimum Gasteiger partial charge on any atom is -0.489 e. The Morgan fingerprint density at radius 1 is 0.979 bits per heavy atom. The highest BCUT2D eigenvalue weighted by molar-refractivity contribution is 6.30. The van der Waals surface area contributed by atoms with Crippen LogP contribution in [0.25, 0.3) is 33.5 Å². The van der Waals surface area contributed by atoms with E-state index in [2.05, 4.69) is 9.88 Å². The van der Waals surface area contributed by atoms with Crippen LogP contribution in [-0.2, 0) is 6.61 Å². The number of aliphatic hydroxyl groups is 1. The van der Waals surface area contributed by atoms with Crippen molar-refractivity contribution in [3.63, 3.8) is 0 Å². The van der Waals surface area contributed by atoms with Gasteiger partial charge in [0.1, 0.15) is 24.0 Å². The quantitative estimate of drug-likeness (QED) is 0.140. The molecule has 0 saturated heterocycles. The van der Waals surface area contributed by atoms with Gasteiger partial charge in [0, 0.05) is 28.7 Å². The highest BCUT2D eigenvalue weighted by atomic mass is 35.5. The fourth-order valence-electron chi connectivity index (χ4n) is 6.18. The third kappa shape index (κ3) is 7.01. The highest BCUT2D eigenvalue weighted by Gasteiger charge is 2.25. The van der Waals surface area contributed by atoms with E-state index < -0.39 is 17.8 Å². The van der Waals surface area contributed by atoms with Gasteiger partial charge in [-0.3, -0.25) is 4.79 Å². The number of benzene rings is 4. The molecule has 1 aliphatic rings. The van der Waals surface area contributed by atoms with Crippen molar-refractivity contribution >= 4 is 34.5 Å². The molecule has 47 heavy (non-hydrogen) atoms. The summed E-state index contributed by atoms with van der Waals surface area (Å²) in [6.45, 7) is 1.57. The van der Waals surface area contributed by atoms with Gasteiger partial charge >= 0.3 is 5.97 Å². The Bertz CT molecular complexity index is 1940. The fourth-order valence-corrected chi connectivity index (χ4v) is 6.30. The summed E-state index contributed by atoms with van der Waals surface area (Å²) in [4.78, 5) is 29.2. The van der Waals surface area contributed by atoms with Gasteiger partial charge in [0.05, 0.1) is 28.8 Å². The molecule has 4 aromatic carbocycles. The predicted octanol–water partition coefficient (Wildman–Crippen LogP) is 8.06. The zero-order valence-electron chi connectivity index (χ0n) is 25.9. The van der Waals surface area contributed by atoms with Crippen LogP contribution in [0.15, 0.2) is 78.9 Å². The SMILES string of the molecule is CC(CO)NC(=O)c1ccc(-c2ccc(Cl)cc2)c(COc2ccc(-c3nc4cc(C(=O)O)ccc4n3C3CCCCC3)c(F)c2)c1. The van der Waals surface area contributed by atoms with Crippen LogP contribution >= 0.6 is 11.6 Å². The largest absolute Gasteiger partial charge is 0.489 e. The second kappa shape index (κ2) is 13.9. The number of imidazole rings is 1. The molecule has 0 radical (unpaired) electrons. The first-order valence-corrected chi connectivity index (χ1v) is 16.1. The molecule has 6 rings (SSSR count). The molecule has 1 fully saturated rings. The van der Waals surface area contributed by atoms with Crippen molar-refractivity contribution in [2.45, 2.75) is 57.7 Å². The number of hydrogen-bond acceptors (Lipinski definition) is 5. The Morgan fingerprint density at radius 2 is 1.70 bits per heavy atom. The predicted molar refractivity (Wildman–Crippen MR) is 179 cm³/mol. The maximum Gasteiger partial charge on any atom is 0.335 e. The zero-order valence-corrected chi connectivity index (χ0v) is 26.6. The molecule has 1 amide bonds. The number of aliphatic hydroxyl groups excluding tert-OH is 1. The van der Waals surface area contributed by atoms with Crippen LogP contribution in [0, 0.1) is 5.82 Å². The average Bonchev–Trinajstić information content (AvgIpc) is 3.46. The summed E-state index contributed by atoms with van der Waals surface area (Å²) < 4.78 is 24.1. The van der Waals surface area contributed by atoms with Crippen molar-refractivity contribution in [2.75, 3.05) is 6.61 Å². The molecular weight excluding hydrogens is 621 g/mol. The lowest BCUT2D eigenvalue weighted by molar-refractivity contribution is 0.0696. The minimum atomic E-state index is -1.04. The molecule has 1 aromatic heterocycles. The van der Waals surface area contributed by atoms with Crippen LogP contribution in [0.5, 0.6) is 5.75 Å². The molecule has 1 heterocycles. The number of carbonyl (C=O) groups excluding carboxylic acids is 1. The van der Waals surface area contributed by atoms with E-state index in [0.29, 0.717) is 38.8 Å². The summed E-state index contributed by atoms with van der Waals surface area (Å²) >= 11 is 6.11. The van der Waals surface area contributed by atoms with Crippen molar-refractivity contribution in [3.05, 3.63) is 106 Å². The molecule has 3 N–H and O–H groups in total. The van der Waals surface area contributed by atoms with Crippen LogP contribution in [0.3, 0.4) is 0 Å². The van der Waals surface area contributed by atoms with E-state index in [1.165, 1.54) is 12.1 Å². The van der Waals surface area contributed by atoms with Crippen molar-refractivity contribution < 1.29 is 28.9 Å². The van der Waals surface area contributed by atoms with E-state index in [9.17, 15) is 19.8 Å². The molecule has 1 unspecified atom stereocenters. The van der Waals surface area contributed by atoms with Crippen LogP contribution in [0.1, 0.15) is 71.3 Å². The molecule has 0 aliphatic heterocycles. The molecule has 242 valence electrons. The Hall–Kier alpha value is -4.73. The summed E-state index contributed by atoms with van der Waals surface area (Å²) in [5.41, 5.74) is 4.52. The molecule has 1 atom stereocenters. The lowest BCUT2D eigenvalue weighted by Gasteiger charge is -2.25. The van der Waals surface area contributed by atoms with Crippen LogP contribution < -0.4 is 10.1 Å². The number of amides is 1. The smallest absolute Gasteiger partial charge is 0.335 e. The summed E-state index contributed by atoms with van der Waals surface area (Å²) in [6, 6.07) is 21.8. The molecule has 1 aliphatic carbocycles. The number of hydrogen-bond donors (Lipinski definition) is 3. The Kier molecular flexibility index (Phi) is 9.56. The minimum absolute atomic E-state index is 0.0476. The van der Waals surface area contributed by atoms with E-state index in [4.69, 9.17) is 21.3 Å². The lowest BCUT2D eigenvalue weighted by Crippen LogP contribution is -2.35. The number of halogens is 2. The normalized spacial score (nSPS) is 14.2. The maximum atomic E-state index is 15.9. The first-order valence-electron chi connectivity index (χ1n) is 15.7. The summed E-state index contributed by atoms with van der Waals surface area (Å²) in [7, 11) is 0. The van der Waals surface area contributed by atoms with E-state index in [1.807, 2.05) is 18.2 Å². The van der Waals surface area contributed by atoms with Crippen LogP contribution in [-0.4, -0.2) is 44.3 Å². The van der Waals surface area contributed by atoms with Gasteiger partial charge in [0.15, 0.2) is 0 Å². The zero-order chi connectivity index (χ0) is 33.1. The number of ether oxygens (including phenoxy) is 1. The first kappa shape index (κ1) is 32.2. The lowest BCUT2D eigenvalue weighted by atomic mass is 9.94. The van der Waals surface area contributed by atoms with E-state index in [1.54, 1.807) is 55.5 Å². The summed E-state index contributed by atoms with van der Waals surface area (Å²) in [6.07, 6.45) is 5.15. The van der Waals surface area contributed by atoms with Crippen molar-refractivity contribution in [2.24, 2.45) is 0 Å². The highest BCUT2D eigenvalue weighted by Crippen LogP contribution is 2.38. The monoisotopic (exact) mass is 655 g/mol. The summed E-state index contributed by atoms with van der Waals surface area (Å²) in [5.74, 6) is -1.14. The second-order valence-electron chi connectivity index (χ2n) is 12.0. The Morgan fingerprint density at radius 3 is 2.40 bits per heavy atom. The van der Waals surface area contributed by atoms with Crippen molar-refractivity contribution in [3.8, 4) is 28.3 Å². The number of nitrogens with one attached hydrogen (secondary N) is 1. The van der Waals surface area contributed by atoms with E-state index in [0.717, 1.165) is 48.7 Å². The van der Waals surface area contributed by atoms with Crippen LogP contribution in [0.2, 0.25) is 5.02 Å². The molecule has 8 nitrogen and oxygen atoms in total. The molecule has 5 aromatic rings. The number of carboxylic acids is 1. The standard InChI is InChI=1S/C37H35ClFN3O5/c1-22(20-43)40-36(44)24-9-14-30(23-7-11-27(38)12-8-23)26(17-24)21-47-29-13-15-31(32(39)19-29)35-41-33-18-25(37(45)46)10-16-34(33)42(35)28-5-3-2-4-6-28/h7-19,22,28,43H,2-6,20-21H2,1H3,(H,40,44)(H,45,46). The van der Waals surface area contributed by atoms with Gasteiger partial charge in [-0.1, -0.05) is 49.1 Å². The van der Waals surface area contributed by atoms with Gasteiger partial charge in [-0.05, 0) is 91.1 Å². The number of rotatable bonds is 10. The molecule has 10 heteroatoms. The third-order valence-corrected chi connectivity index (χ3v) is 8.88. The van der Waals surface area contributed by atoms with Crippen LogP contribution in [0.4, 0.5) is 4.39 Å². The van der Waals surface area contributed by atoms with Gasteiger partial charge in [0.2, 0.25) is 0 Å². The van der Waals surface area contributed by atoms with Crippen molar-refractivity contribution in [1.29, 1.82) is 0 Å². The number of aromatic nitrogens is 2. The Balaban J connectivity index is 1.32. The molecule has 0 bridgehead atoms. The third-order valence-electron chi connectivity index (χ3n) is 8.63. The van der Waals surface area contributed by atoms with Crippen molar-refractivity contribution in [1.82, 2.24) is 14.9 Å². The van der Waals surface area contributed by atoms with Gasteiger partial charge in [-0.15, -0.1) is 0 Å². The first-order chi connectivity index (χ1) is 22.7. The maximum absolute atomic E-state index is 15.9. The number of aromatic carboxylic acids is 1. The summed E-state index contributed by atoms with van der Waals surface area (Å²) in [5, 5.41) is 22.3.